The van der Waals surface area contributed by atoms with E-state index in [2.05, 4.69) is 5.32 Å². The number of para-hydroxylation sites is 1. The zero-order chi connectivity index (χ0) is 20.1. The van der Waals surface area contributed by atoms with Crippen molar-refractivity contribution >= 4 is 17.6 Å². The van der Waals surface area contributed by atoms with Gasteiger partial charge in [0.25, 0.3) is 11.5 Å². The largest absolute Gasteiger partial charge is 0.465 e. The van der Waals surface area contributed by atoms with E-state index in [1.165, 1.54) is 42.1 Å². The van der Waals surface area contributed by atoms with Crippen LogP contribution >= 0.6 is 0 Å². The van der Waals surface area contributed by atoms with Crippen LogP contribution in [0.4, 0.5) is 10.1 Å². The van der Waals surface area contributed by atoms with Gasteiger partial charge >= 0.3 is 5.97 Å². The molecule has 0 spiro atoms. The first-order chi connectivity index (χ1) is 13.5. The second-order valence-electron chi connectivity index (χ2n) is 5.98. The molecule has 1 aromatic heterocycles. The predicted octanol–water partition coefficient (Wildman–Crippen LogP) is 3.07. The Morgan fingerprint density at radius 3 is 2.54 bits per heavy atom. The molecule has 1 heterocycles. The summed E-state index contributed by atoms with van der Waals surface area (Å²) in [5.74, 6) is -1.67. The maximum absolute atomic E-state index is 13.4. The van der Waals surface area contributed by atoms with Crippen molar-refractivity contribution in [3.63, 3.8) is 0 Å². The SMILES string of the molecule is COC(=O)c1ccccc1NC(=O)c1cccn(Cc2cccc(F)c2)c1=O. The van der Waals surface area contributed by atoms with Crippen molar-refractivity contribution in [2.24, 2.45) is 0 Å². The number of aromatic nitrogens is 1. The number of nitrogens with one attached hydrogen (secondary N) is 1. The topological polar surface area (TPSA) is 77.4 Å². The molecule has 1 N–H and O–H groups in total. The van der Waals surface area contributed by atoms with E-state index >= 15 is 0 Å². The number of esters is 1. The quantitative estimate of drug-likeness (QED) is 0.690. The minimum absolute atomic E-state index is 0.0985. The highest BCUT2D eigenvalue weighted by molar-refractivity contribution is 6.07. The van der Waals surface area contributed by atoms with Crippen LogP contribution in [0.2, 0.25) is 0 Å². The molecule has 3 aromatic rings. The van der Waals surface area contributed by atoms with E-state index in [1.54, 1.807) is 36.4 Å². The Kier molecular flexibility index (Phi) is 5.64. The third kappa shape index (κ3) is 4.15. The molecule has 6 nitrogen and oxygen atoms in total. The highest BCUT2D eigenvalue weighted by atomic mass is 19.1. The van der Waals surface area contributed by atoms with Crippen LogP contribution in [0, 0.1) is 5.82 Å². The minimum atomic E-state index is -0.657. The van der Waals surface area contributed by atoms with Crippen LogP contribution in [0.1, 0.15) is 26.3 Å². The second-order valence-corrected chi connectivity index (χ2v) is 5.98. The predicted molar refractivity (Wildman–Crippen MR) is 102 cm³/mol. The van der Waals surface area contributed by atoms with Crippen molar-refractivity contribution in [1.29, 1.82) is 0 Å². The Morgan fingerprint density at radius 2 is 1.79 bits per heavy atom. The molecule has 0 radical (unpaired) electrons. The fourth-order valence-corrected chi connectivity index (χ4v) is 2.74. The molecule has 2 aromatic carbocycles. The summed E-state index contributed by atoms with van der Waals surface area (Å²) in [6.07, 6.45) is 1.52. The maximum atomic E-state index is 13.4. The van der Waals surface area contributed by atoms with E-state index in [9.17, 15) is 18.8 Å². The number of nitrogens with zero attached hydrogens (tertiary/aromatic N) is 1. The lowest BCUT2D eigenvalue weighted by atomic mass is 10.1. The van der Waals surface area contributed by atoms with Gasteiger partial charge < -0.3 is 14.6 Å². The zero-order valence-electron chi connectivity index (χ0n) is 15.0. The maximum Gasteiger partial charge on any atom is 0.339 e. The highest BCUT2D eigenvalue weighted by Gasteiger charge is 2.17. The number of hydrogen-bond acceptors (Lipinski definition) is 4. The van der Waals surface area contributed by atoms with Crippen molar-refractivity contribution in [2.75, 3.05) is 12.4 Å². The number of pyridine rings is 1. The van der Waals surface area contributed by atoms with Gasteiger partial charge in [0.15, 0.2) is 0 Å². The summed E-state index contributed by atoms with van der Waals surface area (Å²) in [5.41, 5.74) is 0.378. The Hall–Kier alpha value is -3.74. The zero-order valence-corrected chi connectivity index (χ0v) is 15.0. The first kappa shape index (κ1) is 19.0. The monoisotopic (exact) mass is 380 g/mol. The number of ether oxygens (including phenoxy) is 1. The fraction of sp³-hybridized carbons (Fsp3) is 0.0952. The summed E-state index contributed by atoms with van der Waals surface area (Å²) in [5, 5.41) is 2.57. The first-order valence-corrected chi connectivity index (χ1v) is 8.42. The molecule has 0 saturated carbocycles. The Morgan fingerprint density at radius 1 is 1.04 bits per heavy atom. The summed E-state index contributed by atoms with van der Waals surface area (Å²) < 4.78 is 19.4. The van der Waals surface area contributed by atoms with Crippen LogP contribution in [0.25, 0.3) is 0 Å². The van der Waals surface area contributed by atoms with E-state index in [4.69, 9.17) is 4.74 Å². The van der Waals surface area contributed by atoms with E-state index in [0.717, 1.165) is 0 Å². The van der Waals surface area contributed by atoms with Gasteiger partial charge in [0, 0.05) is 6.20 Å². The number of benzene rings is 2. The average Bonchev–Trinajstić information content (AvgIpc) is 2.69. The normalized spacial score (nSPS) is 10.4. The standard InChI is InChI=1S/C21H17FN2O4/c1-28-21(27)16-8-2-3-10-18(16)23-19(25)17-9-5-11-24(20(17)26)13-14-6-4-7-15(22)12-14/h2-12H,13H2,1H3,(H,23,25). The number of rotatable bonds is 5. The van der Waals surface area contributed by atoms with Crippen molar-refractivity contribution in [1.82, 2.24) is 4.57 Å². The third-order valence-electron chi connectivity index (χ3n) is 4.09. The molecular formula is C21H17FN2O4. The smallest absolute Gasteiger partial charge is 0.339 e. The Balaban J connectivity index is 1.88. The number of anilines is 1. The molecule has 0 saturated heterocycles. The van der Waals surface area contributed by atoms with E-state index in [1.807, 2.05) is 0 Å². The lowest BCUT2D eigenvalue weighted by Crippen LogP contribution is -2.29. The van der Waals surface area contributed by atoms with Crippen molar-refractivity contribution < 1.29 is 18.7 Å². The molecule has 0 unspecified atom stereocenters. The molecule has 28 heavy (non-hydrogen) atoms. The summed E-state index contributed by atoms with van der Waals surface area (Å²) >= 11 is 0. The molecular weight excluding hydrogens is 363 g/mol. The summed E-state index contributed by atoms with van der Waals surface area (Å²) in [6, 6.07) is 15.2. The average molecular weight is 380 g/mol. The van der Waals surface area contributed by atoms with Gasteiger partial charge in [0.05, 0.1) is 24.9 Å². The van der Waals surface area contributed by atoms with Crippen LogP contribution in [0.3, 0.4) is 0 Å². The summed E-state index contributed by atoms with van der Waals surface area (Å²) in [6.45, 7) is 0.121. The lowest BCUT2D eigenvalue weighted by molar-refractivity contribution is 0.0602. The number of carbonyl (C=O) groups excluding carboxylic acids is 2. The van der Waals surface area contributed by atoms with Gasteiger partial charge in [-0.25, -0.2) is 9.18 Å². The van der Waals surface area contributed by atoms with E-state index in [-0.39, 0.29) is 23.4 Å². The molecule has 0 atom stereocenters. The first-order valence-electron chi connectivity index (χ1n) is 8.42. The van der Waals surface area contributed by atoms with Gasteiger partial charge in [-0.15, -0.1) is 0 Å². The number of halogens is 1. The second kappa shape index (κ2) is 8.30. The minimum Gasteiger partial charge on any atom is -0.465 e. The Bertz CT molecular complexity index is 1090. The van der Waals surface area contributed by atoms with Gasteiger partial charge in [-0.2, -0.15) is 0 Å². The number of carbonyl (C=O) groups is 2. The summed E-state index contributed by atoms with van der Waals surface area (Å²) in [4.78, 5) is 37.1. The van der Waals surface area contributed by atoms with Crippen LogP contribution in [-0.4, -0.2) is 23.6 Å². The highest BCUT2D eigenvalue weighted by Crippen LogP contribution is 2.16. The molecule has 0 aliphatic rings. The van der Waals surface area contributed by atoms with Crippen molar-refractivity contribution in [2.45, 2.75) is 6.54 Å². The third-order valence-corrected chi connectivity index (χ3v) is 4.09. The van der Waals surface area contributed by atoms with Crippen LogP contribution in [0.15, 0.2) is 71.7 Å². The van der Waals surface area contributed by atoms with Crippen LogP contribution < -0.4 is 10.9 Å². The van der Waals surface area contributed by atoms with Gasteiger partial charge in [-0.05, 0) is 42.0 Å². The van der Waals surface area contributed by atoms with Gasteiger partial charge in [-0.3, -0.25) is 9.59 Å². The van der Waals surface area contributed by atoms with Gasteiger partial charge in [0.2, 0.25) is 0 Å². The number of amides is 1. The fourth-order valence-electron chi connectivity index (χ4n) is 2.74. The number of hydrogen-bond donors (Lipinski definition) is 1. The van der Waals surface area contributed by atoms with Crippen LogP contribution in [0.5, 0.6) is 0 Å². The molecule has 0 fully saturated rings. The van der Waals surface area contributed by atoms with Gasteiger partial charge in [-0.1, -0.05) is 24.3 Å². The van der Waals surface area contributed by atoms with Crippen LogP contribution in [-0.2, 0) is 11.3 Å². The number of methoxy groups -OCH3 is 1. The van der Waals surface area contributed by atoms with E-state index in [0.29, 0.717) is 5.56 Å². The van der Waals surface area contributed by atoms with E-state index < -0.39 is 23.3 Å². The van der Waals surface area contributed by atoms with Gasteiger partial charge in [0.1, 0.15) is 11.4 Å². The molecule has 0 bridgehead atoms. The van der Waals surface area contributed by atoms with Crippen molar-refractivity contribution in [3.8, 4) is 0 Å². The van der Waals surface area contributed by atoms with Crippen molar-refractivity contribution in [3.05, 3.63) is 99.7 Å². The lowest BCUT2D eigenvalue weighted by Gasteiger charge is -2.11. The molecule has 0 aliphatic carbocycles. The molecule has 142 valence electrons. The molecule has 3 rings (SSSR count). The molecule has 1 amide bonds. The molecule has 7 heteroatoms. The Labute approximate surface area is 160 Å². The molecule has 0 aliphatic heterocycles. The summed E-state index contributed by atoms with van der Waals surface area (Å²) in [7, 11) is 1.24.